The first-order valence-corrected chi connectivity index (χ1v) is 8.94. The topological polar surface area (TPSA) is 122 Å². The number of aromatic nitrogens is 2. The summed E-state index contributed by atoms with van der Waals surface area (Å²) in [7, 11) is 0. The quantitative estimate of drug-likeness (QED) is 0.361. The monoisotopic (exact) mass is 390 g/mol. The van der Waals surface area contributed by atoms with E-state index in [0.29, 0.717) is 39.9 Å². The van der Waals surface area contributed by atoms with Crippen molar-refractivity contribution in [1.82, 2.24) is 10.2 Å². The Kier molecular flexibility index (Phi) is 4.84. The third-order valence-corrected chi connectivity index (χ3v) is 4.56. The number of anilines is 3. The number of carbonyl (C=O) groups is 1. The number of hydrogen-bond acceptors (Lipinski definition) is 4. The Morgan fingerprint density at radius 3 is 2.55 bits per heavy atom. The van der Waals surface area contributed by atoms with Gasteiger partial charge in [-0.15, -0.1) is 0 Å². The van der Waals surface area contributed by atoms with E-state index in [2.05, 4.69) is 20.8 Å². The second-order valence-electron chi connectivity index (χ2n) is 6.51. The molecular weight excluding hydrogens is 371 g/mol. The van der Waals surface area contributed by atoms with Crippen molar-refractivity contribution in [3.63, 3.8) is 0 Å². The molecular formula is C21H19FN6O. The highest BCUT2D eigenvalue weighted by molar-refractivity contribution is 6.02. The first-order chi connectivity index (χ1) is 14.0. The highest BCUT2D eigenvalue weighted by Crippen LogP contribution is 2.34. The molecule has 2 amide bonds. The van der Waals surface area contributed by atoms with Crippen LogP contribution in [0.4, 0.5) is 26.4 Å². The van der Waals surface area contributed by atoms with E-state index in [1.54, 1.807) is 42.5 Å². The van der Waals surface area contributed by atoms with Crippen LogP contribution in [0.25, 0.3) is 22.0 Å². The molecule has 0 fully saturated rings. The molecule has 8 heteroatoms. The number of hydrogen-bond donors (Lipinski definition) is 5. The largest absolute Gasteiger partial charge is 0.382 e. The van der Waals surface area contributed by atoms with Crippen molar-refractivity contribution in [2.24, 2.45) is 5.73 Å². The van der Waals surface area contributed by atoms with Crippen LogP contribution >= 0.6 is 0 Å². The first kappa shape index (κ1) is 18.5. The van der Waals surface area contributed by atoms with Crippen LogP contribution in [0, 0.1) is 5.82 Å². The number of amides is 2. The maximum absolute atomic E-state index is 14.5. The summed E-state index contributed by atoms with van der Waals surface area (Å²) in [6.07, 6.45) is 0. The summed E-state index contributed by atoms with van der Waals surface area (Å²) < 4.78 is 14.5. The van der Waals surface area contributed by atoms with E-state index in [1.807, 2.05) is 12.1 Å². The van der Waals surface area contributed by atoms with Crippen molar-refractivity contribution < 1.29 is 9.18 Å². The summed E-state index contributed by atoms with van der Waals surface area (Å²) in [5.74, 6) is -0.167. The number of urea groups is 1. The minimum Gasteiger partial charge on any atom is -0.382 e. The van der Waals surface area contributed by atoms with Crippen molar-refractivity contribution in [2.45, 2.75) is 6.54 Å². The van der Waals surface area contributed by atoms with Crippen LogP contribution in [-0.4, -0.2) is 16.2 Å². The zero-order valence-electron chi connectivity index (χ0n) is 15.4. The Balaban J connectivity index is 1.53. The van der Waals surface area contributed by atoms with Gasteiger partial charge in [0.1, 0.15) is 5.82 Å². The molecule has 4 rings (SSSR count). The van der Waals surface area contributed by atoms with Crippen molar-refractivity contribution in [1.29, 1.82) is 0 Å². The van der Waals surface area contributed by atoms with E-state index in [1.165, 1.54) is 6.07 Å². The average Bonchev–Trinajstić information content (AvgIpc) is 3.10. The molecule has 0 unspecified atom stereocenters. The maximum atomic E-state index is 14.5. The number of aromatic amines is 1. The van der Waals surface area contributed by atoms with Gasteiger partial charge in [-0.25, -0.2) is 9.18 Å². The molecule has 0 saturated carbocycles. The molecule has 0 radical (unpaired) electrons. The lowest BCUT2D eigenvalue weighted by molar-refractivity contribution is 0.262. The lowest BCUT2D eigenvalue weighted by Crippen LogP contribution is -2.19. The van der Waals surface area contributed by atoms with Crippen LogP contribution < -0.4 is 22.1 Å². The molecule has 7 N–H and O–H groups in total. The molecule has 1 aromatic heterocycles. The number of nitrogen functional groups attached to an aromatic ring is 1. The van der Waals surface area contributed by atoms with Gasteiger partial charge < -0.3 is 22.1 Å². The molecule has 0 spiro atoms. The molecule has 0 atom stereocenters. The van der Waals surface area contributed by atoms with Gasteiger partial charge in [0.25, 0.3) is 0 Å². The van der Waals surface area contributed by atoms with Crippen molar-refractivity contribution in [3.05, 3.63) is 72.0 Å². The van der Waals surface area contributed by atoms with Gasteiger partial charge in [-0.05, 0) is 47.5 Å². The zero-order chi connectivity index (χ0) is 20.4. The second kappa shape index (κ2) is 7.61. The molecule has 3 aromatic carbocycles. The Labute approximate surface area is 165 Å². The van der Waals surface area contributed by atoms with Crippen LogP contribution in [0.1, 0.15) is 5.56 Å². The van der Waals surface area contributed by atoms with Gasteiger partial charge in [0.15, 0.2) is 5.82 Å². The molecule has 7 nitrogen and oxygen atoms in total. The smallest absolute Gasteiger partial charge is 0.323 e. The van der Waals surface area contributed by atoms with E-state index in [0.717, 1.165) is 5.56 Å². The predicted octanol–water partition coefficient (Wildman–Crippen LogP) is 4.05. The lowest BCUT2D eigenvalue weighted by Gasteiger charge is -2.10. The third-order valence-electron chi connectivity index (χ3n) is 4.56. The van der Waals surface area contributed by atoms with Gasteiger partial charge in [0, 0.05) is 23.5 Å². The SMILES string of the molecule is NCc1cccc(NC(=O)Nc2ccc(-c3c(F)ccc4[nH]nc(N)c34)cc2)c1. The number of nitrogens with one attached hydrogen (secondary N) is 3. The Morgan fingerprint density at radius 1 is 1.03 bits per heavy atom. The standard InChI is InChI=1S/C21H19FN6O/c22-16-8-9-17-19(20(24)28-27-17)18(16)13-4-6-14(7-5-13)25-21(29)26-15-3-1-2-12(10-15)11-23/h1-10H,11,23H2,(H3,24,27,28)(H2,25,26,29). The van der Waals surface area contributed by atoms with Gasteiger partial charge in [-0.1, -0.05) is 24.3 Å². The summed E-state index contributed by atoms with van der Waals surface area (Å²) in [6.45, 7) is 0.392. The molecule has 29 heavy (non-hydrogen) atoms. The number of fused-ring (bicyclic) bond motifs is 1. The molecule has 0 bridgehead atoms. The zero-order valence-corrected chi connectivity index (χ0v) is 15.4. The second-order valence-corrected chi connectivity index (χ2v) is 6.51. The summed E-state index contributed by atoms with van der Waals surface area (Å²) >= 11 is 0. The fourth-order valence-corrected chi connectivity index (χ4v) is 3.18. The number of halogens is 1. The minimum atomic E-state index is -0.399. The lowest BCUT2D eigenvalue weighted by atomic mass is 10.0. The van der Waals surface area contributed by atoms with Crippen LogP contribution in [-0.2, 0) is 6.54 Å². The number of H-pyrrole nitrogens is 1. The fourth-order valence-electron chi connectivity index (χ4n) is 3.18. The molecule has 1 heterocycles. The molecule has 146 valence electrons. The summed E-state index contributed by atoms with van der Waals surface area (Å²) in [4.78, 5) is 12.2. The summed E-state index contributed by atoms with van der Waals surface area (Å²) in [5.41, 5.74) is 15.3. The third kappa shape index (κ3) is 3.74. The molecule has 4 aromatic rings. The number of nitrogens with two attached hydrogens (primary N) is 2. The first-order valence-electron chi connectivity index (χ1n) is 8.94. The fraction of sp³-hybridized carbons (Fsp3) is 0.0476. The Bertz CT molecular complexity index is 1190. The molecule has 0 aliphatic carbocycles. The predicted molar refractivity (Wildman–Crippen MR) is 113 cm³/mol. The van der Waals surface area contributed by atoms with Gasteiger partial charge in [-0.3, -0.25) is 5.10 Å². The normalized spacial score (nSPS) is 10.8. The van der Waals surface area contributed by atoms with E-state index < -0.39 is 5.82 Å². The van der Waals surface area contributed by atoms with Crippen LogP contribution in [0.5, 0.6) is 0 Å². The molecule has 0 saturated heterocycles. The average molecular weight is 390 g/mol. The van der Waals surface area contributed by atoms with Gasteiger partial charge in [0.05, 0.1) is 10.9 Å². The highest BCUT2D eigenvalue weighted by Gasteiger charge is 2.15. The van der Waals surface area contributed by atoms with Crippen LogP contribution in [0.15, 0.2) is 60.7 Å². The Morgan fingerprint density at radius 2 is 1.79 bits per heavy atom. The van der Waals surface area contributed by atoms with Crippen molar-refractivity contribution >= 4 is 34.1 Å². The Hall–Kier alpha value is -3.91. The van der Waals surface area contributed by atoms with E-state index in [4.69, 9.17) is 11.5 Å². The van der Waals surface area contributed by atoms with Crippen molar-refractivity contribution in [2.75, 3.05) is 16.4 Å². The van der Waals surface area contributed by atoms with E-state index in [9.17, 15) is 9.18 Å². The van der Waals surface area contributed by atoms with Gasteiger partial charge in [-0.2, -0.15) is 5.10 Å². The van der Waals surface area contributed by atoms with Crippen LogP contribution in [0.2, 0.25) is 0 Å². The van der Waals surface area contributed by atoms with E-state index in [-0.39, 0.29) is 11.8 Å². The number of nitrogens with zero attached hydrogens (tertiary/aromatic N) is 1. The highest BCUT2D eigenvalue weighted by atomic mass is 19.1. The van der Waals surface area contributed by atoms with Crippen LogP contribution in [0.3, 0.4) is 0 Å². The van der Waals surface area contributed by atoms with Gasteiger partial charge in [0.2, 0.25) is 0 Å². The summed E-state index contributed by atoms with van der Waals surface area (Å²) in [5, 5.41) is 12.8. The van der Waals surface area contributed by atoms with Crippen molar-refractivity contribution in [3.8, 4) is 11.1 Å². The maximum Gasteiger partial charge on any atom is 0.323 e. The number of rotatable bonds is 4. The molecule has 0 aliphatic rings. The van der Waals surface area contributed by atoms with E-state index >= 15 is 0 Å². The molecule has 0 aliphatic heterocycles. The minimum absolute atomic E-state index is 0.232. The summed E-state index contributed by atoms with van der Waals surface area (Å²) in [6, 6.07) is 16.7. The number of carbonyl (C=O) groups excluding carboxylic acids is 1. The number of benzene rings is 3. The van der Waals surface area contributed by atoms with Gasteiger partial charge >= 0.3 is 6.03 Å².